The standard InChI is InChI=1S/C34H33F3N8O3S/c1-20-39-22(19-49-20)10-11-43-12-13-44(30(46)18-45-28-15-23(47-2)8-9-26(28)42-33(45)34(35,36)37)29(17-43)31-38-16-27(40-31)24-14-21-6-4-5-7-25(21)41-32(24)48-3/h4-9,14-16,19,29H,10-13,17-18H2,1-3H3,(H,38,40)/t29-/m0/s1. The lowest BCUT2D eigenvalue weighted by Gasteiger charge is -2.40. The van der Waals surface area contributed by atoms with Crippen LogP contribution in [0, 0.1) is 6.92 Å². The Labute approximate surface area is 283 Å². The van der Waals surface area contributed by atoms with Crippen LogP contribution in [0.25, 0.3) is 33.2 Å². The van der Waals surface area contributed by atoms with E-state index in [0.29, 0.717) is 48.3 Å². The number of aryl methyl sites for hydroxylation is 1. The molecule has 0 unspecified atom stereocenters. The first-order chi connectivity index (χ1) is 23.6. The fourth-order valence-electron chi connectivity index (χ4n) is 6.29. The number of rotatable bonds is 9. The lowest BCUT2D eigenvalue weighted by Crippen LogP contribution is -2.52. The van der Waals surface area contributed by atoms with E-state index in [4.69, 9.17) is 14.5 Å². The maximum Gasteiger partial charge on any atom is 0.449 e. The number of carbonyl (C=O) groups is 1. The minimum atomic E-state index is -4.78. The van der Waals surface area contributed by atoms with E-state index in [1.54, 1.807) is 35.6 Å². The molecule has 2 aromatic carbocycles. The molecule has 7 rings (SSSR count). The molecule has 6 aromatic rings. The van der Waals surface area contributed by atoms with E-state index >= 15 is 0 Å². The summed E-state index contributed by atoms with van der Waals surface area (Å²) in [4.78, 5) is 39.1. The van der Waals surface area contributed by atoms with Gasteiger partial charge in [0.15, 0.2) is 0 Å². The van der Waals surface area contributed by atoms with Crippen molar-refractivity contribution < 1.29 is 27.4 Å². The van der Waals surface area contributed by atoms with E-state index in [0.717, 1.165) is 32.6 Å². The summed E-state index contributed by atoms with van der Waals surface area (Å²) < 4.78 is 54.5. The minimum absolute atomic E-state index is 0.119. The number of ether oxygens (including phenoxy) is 2. The summed E-state index contributed by atoms with van der Waals surface area (Å²) in [6.45, 7) is 3.33. The SMILES string of the molecule is COc1ccc2nc(C(F)(F)F)n(CC(=O)N3CCN(CCc4csc(C)n4)C[C@H]3c3ncc(-c4cc5ccccc5nc4OC)[nH]3)c2c1. The Morgan fingerprint density at radius 1 is 1.04 bits per heavy atom. The zero-order chi connectivity index (χ0) is 34.3. The molecule has 11 nitrogen and oxygen atoms in total. The van der Waals surface area contributed by atoms with Gasteiger partial charge in [-0.25, -0.2) is 19.9 Å². The van der Waals surface area contributed by atoms with Crippen LogP contribution in [-0.4, -0.2) is 85.6 Å². The number of fused-ring (bicyclic) bond motifs is 2. The molecule has 0 saturated carbocycles. The van der Waals surface area contributed by atoms with Crippen LogP contribution in [0.1, 0.15) is 28.4 Å². The molecule has 0 bridgehead atoms. The molecule has 0 radical (unpaired) electrons. The number of para-hydroxylation sites is 1. The van der Waals surface area contributed by atoms with Crippen LogP contribution >= 0.6 is 11.3 Å². The number of amides is 1. The van der Waals surface area contributed by atoms with Crippen molar-refractivity contribution in [2.45, 2.75) is 32.1 Å². The lowest BCUT2D eigenvalue weighted by molar-refractivity contribution is -0.148. The van der Waals surface area contributed by atoms with Gasteiger partial charge in [0.1, 0.15) is 24.2 Å². The Hall–Kier alpha value is -5.02. The second-order valence-electron chi connectivity index (χ2n) is 11.8. The average molecular weight is 691 g/mol. The Bertz CT molecular complexity index is 2140. The number of aromatic amines is 1. The molecular formula is C34H33F3N8O3S. The highest BCUT2D eigenvalue weighted by molar-refractivity contribution is 7.09. The van der Waals surface area contributed by atoms with Gasteiger partial charge in [0, 0.05) is 49.4 Å². The van der Waals surface area contributed by atoms with Crippen LogP contribution in [0.3, 0.4) is 0 Å². The average Bonchev–Trinajstić information content (AvgIpc) is 3.85. The second-order valence-corrected chi connectivity index (χ2v) is 12.9. The third-order valence-corrected chi connectivity index (χ3v) is 9.54. The quantitative estimate of drug-likeness (QED) is 0.200. The van der Waals surface area contributed by atoms with Crippen LogP contribution in [0.15, 0.2) is 60.1 Å². The number of methoxy groups -OCH3 is 2. The van der Waals surface area contributed by atoms with Gasteiger partial charge in [0.25, 0.3) is 0 Å². The van der Waals surface area contributed by atoms with E-state index in [2.05, 4.69) is 24.8 Å². The Balaban J connectivity index is 1.22. The number of hydrogen-bond acceptors (Lipinski definition) is 9. The molecule has 0 spiro atoms. The molecule has 0 aliphatic carbocycles. The molecule has 1 aliphatic heterocycles. The van der Waals surface area contributed by atoms with Crippen LogP contribution in [0.2, 0.25) is 0 Å². The van der Waals surface area contributed by atoms with E-state index in [1.165, 1.54) is 19.2 Å². The van der Waals surface area contributed by atoms with Gasteiger partial charge in [-0.2, -0.15) is 13.2 Å². The lowest BCUT2D eigenvalue weighted by atomic mass is 10.1. The number of nitrogens with zero attached hydrogens (tertiary/aromatic N) is 7. The van der Waals surface area contributed by atoms with Crippen LogP contribution in [0.4, 0.5) is 13.2 Å². The topological polar surface area (TPSA) is 114 Å². The van der Waals surface area contributed by atoms with Gasteiger partial charge in [-0.1, -0.05) is 18.2 Å². The maximum absolute atomic E-state index is 14.2. The van der Waals surface area contributed by atoms with Crippen molar-refractivity contribution in [1.29, 1.82) is 0 Å². The van der Waals surface area contributed by atoms with Crippen molar-refractivity contribution in [3.63, 3.8) is 0 Å². The third-order valence-electron chi connectivity index (χ3n) is 8.72. The second kappa shape index (κ2) is 13.1. The van der Waals surface area contributed by atoms with Gasteiger partial charge in [0.05, 0.1) is 58.9 Å². The summed E-state index contributed by atoms with van der Waals surface area (Å²) in [7, 11) is 2.98. The number of benzene rings is 2. The van der Waals surface area contributed by atoms with Crippen LogP contribution < -0.4 is 9.47 Å². The van der Waals surface area contributed by atoms with Gasteiger partial charge >= 0.3 is 6.18 Å². The summed E-state index contributed by atoms with van der Waals surface area (Å²) in [5.41, 5.74) is 3.38. The Morgan fingerprint density at radius 3 is 2.63 bits per heavy atom. The van der Waals surface area contributed by atoms with Crippen LogP contribution in [0.5, 0.6) is 11.6 Å². The van der Waals surface area contributed by atoms with Crippen molar-refractivity contribution in [2.24, 2.45) is 0 Å². The molecule has 4 aromatic heterocycles. The number of nitrogens with one attached hydrogen (secondary N) is 1. The zero-order valence-electron chi connectivity index (χ0n) is 27.0. The van der Waals surface area contributed by atoms with E-state index in [9.17, 15) is 18.0 Å². The number of hydrogen-bond donors (Lipinski definition) is 1. The number of thiazole rings is 1. The molecule has 1 fully saturated rings. The highest BCUT2D eigenvalue weighted by Gasteiger charge is 2.40. The van der Waals surface area contributed by atoms with Gasteiger partial charge < -0.3 is 23.9 Å². The molecule has 49 heavy (non-hydrogen) atoms. The number of alkyl halides is 3. The van der Waals surface area contributed by atoms with Crippen molar-refractivity contribution in [2.75, 3.05) is 40.4 Å². The molecule has 1 saturated heterocycles. The molecule has 15 heteroatoms. The molecule has 5 heterocycles. The van der Waals surface area contributed by atoms with E-state index < -0.39 is 30.5 Å². The van der Waals surface area contributed by atoms with Crippen molar-refractivity contribution in [1.82, 2.24) is 39.3 Å². The summed E-state index contributed by atoms with van der Waals surface area (Å²) in [5, 5.41) is 3.95. The van der Waals surface area contributed by atoms with Crippen molar-refractivity contribution in [3.05, 3.63) is 82.5 Å². The number of imidazole rings is 2. The normalized spacial score (nSPS) is 15.7. The number of aromatic nitrogens is 6. The number of halogens is 3. The predicted molar refractivity (Wildman–Crippen MR) is 179 cm³/mol. The van der Waals surface area contributed by atoms with Gasteiger partial charge in [0.2, 0.25) is 17.6 Å². The Kier molecular flexibility index (Phi) is 8.71. The smallest absolute Gasteiger partial charge is 0.449 e. The number of carbonyl (C=O) groups excluding carboxylic acids is 1. The fourth-order valence-corrected chi connectivity index (χ4v) is 6.94. The molecule has 254 valence electrons. The number of H-pyrrole nitrogens is 1. The molecular weight excluding hydrogens is 657 g/mol. The van der Waals surface area contributed by atoms with Gasteiger partial charge in [-0.05, 0) is 31.2 Å². The molecule has 1 atom stereocenters. The Morgan fingerprint density at radius 2 is 1.88 bits per heavy atom. The van der Waals surface area contributed by atoms with Gasteiger partial charge in [-0.3, -0.25) is 9.69 Å². The third kappa shape index (κ3) is 6.55. The first-order valence-corrected chi connectivity index (χ1v) is 16.5. The monoisotopic (exact) mass is 690 g/mol. The highest BCUT2D eigenvalue weighted by atomic mass is 32.1. The summed E-state index contributed by atoms with van der Waals surface area (Å²) >= 11 is 1.60. The summed E-state index contributed by atoms with van der Waals surface area (Å²) in [5.74, 6) is -0.364. The largest absolute Gasteiger partial charge is 0.497 e. The molecule has 1 aliphatic rings. The maximum atomic E-state index is 14.2. The predicted octanol–water partition coefficient (Wildman–Crippen LogP) is 5.90. The number of piperazine rings is 1. The summed E-state index contributed by atoms with van der Waals surface area (Å²) in [6, 6.07) is 13.5. The fraction of sp³-hybridized carbons (Fsp3) is 0.324. The first-order valence-electron chi connectivity index (χ1n) is 15.6. The summed E-state index contributed by atoms with van der Waals surface area (Å²) in [6.07, 6.45) is -2.38. The van der Waals surface area contributed by atoms with Crippen molar-refractivity contribution >= 4 is 39.2 Å². The molecule has 1 amide bonds. The van der Waals surface area contributed by atoms with E-state index in [-0.39, 0.29) is 17.6 Å². The zero-order valence-corrected chi connectivity index (χ0v) is 27.8. The molecule has 1 N–H and O–H groups in total. The van der Waals surface area contributed by atoms with Gasteiger partial charge in [-0.15, -0.1) is 11.3 Å². The van der Waals surface area contributed by atoms with Crippen molar-refractivity contribution in [3.8, 4) is 22.9 Å². The minimum Gasteiger partial charge on any atom is -0.497 e. The first kappa shape index (κ1) is 32.5. The van der Waals surface area contributed by atoms with Crippen LogP contribution in [-0.2, 0) is 23.9 Å². The number of pyridine rings is 1. The van der Waals surface area contributed by atoms with E-state index in [1.807, 2.05) is 42.6 Å². The highest BCUT2D eigenvalue weighted by Crippen LogP contribution is 2.35.